The van der Waals surface area contributed by atoms with Crippen LogP contribution in [0.5, 0.6) is 0 Å². The molecule has 1 N–H and O–H groups in total. The highest BCUT2D eigenvalue weighted by Crippen LogP contribution is 2.29. The van der Waals surface area contributed by atoms with E-state index >= 15 is 0 Å². The van der Waals surface area contributed by atoms with Gasteiger partial charge in [0.05, 0.1) is 17.9 Å². The van der Waals surface area contributed by atoms with Crippen molar-refractivity contribution in [1.82, 2.24) is 4.31 Å². The molecule has 2 atom stereocenters. The Kier molecular flexibility index (Phi) is 7.38. The predicted molar refractivity (Wildman–Crippen MR) is 103 cm³/mol. The molecule has 1 aromatic rings. The molecule has 1 amide bonds. The van der Waals surface area contributed by atoms with Crippen LogP contribution < -0.4 is 5.32 Å². The minimum Gasteiger partial charge on any atom is -0.466 e. The van der Waals surface area contributed by atoms with Crippen molar-refractivity contribution in [2.24, 2.45) is 0 Å². The van der Waals surface area contributed by atoms with Gasteiger partial charge in [-0.05, 0) is 57.9 Å². The molecule has 0 saturated carbocycles. The van der Waals surface area contributed by atoms with Crippen molar-refractivity contribution in [3.63, 3.8) is 0 Å². The molecular weight excluding hydrogens is 368 g/mol. The fraction of sp³-hybridized carbons (Fsp3) is 0.579. The molecule has 7 nitrogen and oxygen atoms in total. The zero-order valence-corrected chi connectivity index (χ0v) is 16.9. The lowest BCUT2D eigenvalue weighted by atomic mass is 10.0. The van der Waals surface area contributed by atoms with Gasteiger partial charge in [0.15, 0.2) is 0 Å². The van der Waals surface area contributed by atoms with E-state index in [1.54, 1.807) is 23.4 Å². The van der Waals surface area contributed by atoms with E-state index in [0.29, 0.717) is 5.69 Å². The average molecular weight is 397 g/mol. The van der Waals surface area contributed by atoms with E-state index in [1.165, 1.54) is 12.1 Å². The number of hydrogen-bond acceptors (Lipinski definition) is 5. The molecule has 1 heterocycles. The zero-order valence-electron chi connectivity index (χ0n) is 16.1. The van der Waals surface area contributed by atoms with Crippen LogP contribution in [0, 0.1) is 0 Å². The van der Waals surface area contributed by atoms with Crippen molar-refractivity contribution in [3.05, 3.63) is 24.3 Å². The van der Waals surface area contributed by atoms with Gasteiger partial charge in [0.25, 0.3) is 0 Å². The largest absolute Gasteiger partial charge is 0.466 e. The van der Waals surface area contributed by atoms with E-state index < -0.39 is 16.0 Å². The summed E-state index contributed by atoms with van der Waals surface area (Å²) in [7, 11) is -3.57. The lowest BCUT2D eigenvalue weighted by Crippen LogP contribution is -2.47. The normalized spacial score (nSPS) is 20.9. The van der Waals surface area contributed by atoms with Crippen LogP contribution in [0.25, 0.3) is 0 Å². The topological polar surface area (TPSA) is 92.8 Å². The molecule has 0 aromatic heterocycles. The molecule has 8 heteroatoms. The smallest absolute Gasteiger partial charge is 0.306 e. The average Bonchev–Trinajstić information content (AvgIpc) is 2.60. The minimum absolute atomic E-state index is 0.0108. The summed E-state index contributed by atoms with van der Waals surface area (Å²) in [5.41, 5.74) is 0.488. The summed E-state index contributed by atoms with van der Waals surface area (Å²) in [4.78, 5) is 23.4. The molecule has 27 heavy (non-hydrogen) atoms. The first kappa shape index (κ1) is 21.4. The lowest BCUT2D eigenvalue weighted by molar-refractivity contribution is -0.144. The Balaban J connectivity index is 2.01. The molecule has 150 valence electrons. The summed E-state index contributed by atoms with van der Waals surface area (Å²) in [6.45, 7) is 5.86. The Morgan fingerprint density at radius 3 is 2.26 bits per heavy atom. The molecule has 1 aliphatic rings. The van der Waals surface area contributed by atoms with Gasteiger partial charge < -0.3 is 10.1 Å². The first-order valence-electron chi connectivity index (χ1n) is 9.34. The number of sulfonamides is 1. The zero-order chi connectivity index (χ0) is 20.0. The van der Waals surface area contributed by atoms with Gasteiger partial charge in [-0.25, -0.2) is 8.42 Å². The van der Waals surface area contributed by atoms with E-state index in [9.17, 15) is 18.0 Å². The van der Waals surface area contributed by atoms with Gasteiger partial charge in [-0.15, -0.1) is 0 Å². The number of carbonyl (C=O) groups excluding carboxylic acids is 2. The second-order valence-corrected chi connectivity index (χ2v) is 8.68. The van der Waals surface area contributed by atoms with Crippen LogP contribution in [0.4, 0.5) is 5.69 Å². The summed E-state index contributed by atoms with van der Waals surface area (Å²) in [6, 6.07) is 6.08. The fourth-order valence-electron chi connectivity index (χ4n) is 3.38. The highest BCUT2D eigenvalue weighted by Gasteiger charge is 2.35. The van der Waals surface area contributed by atoms with Gasteiger partial charge in [0.1, 0.15) is 0 Å². The second-order valence-electron chi connectivity index (χ2n) is 6.84. The molecule has 2 rings (SSSR count). The van der Waals surface area contributed by atoms with Gasteiger partial charge in [-0.2, -0.15) is 4.31 Å². The van der Waals surface area contributed by atoms with Crippen LogP contribution in [0.15, 0.2) is 29.2 Å². The van der Waals surface area contributed by atoms with Crippen molar-refractivity contribution in [3.8, 4) is 0 Å². The Bertz CT molecular complexity index is 751. The van der Waals surface area contributed by atoms with Crippen LogP contribution >= 0.6 is 0 Å². The van der Waals surface area contributed by atoms with E-state index in [4.69, 9.17) is 4.74 Å². The highest BCUT2D eigenvalue weighted by molar-refractivity contribution is 7.89. The van der Waals surface area contributed by atoms with Gasteiger partial charge in [0, 0.05) is 24.2 Å². The van der Waals surface area contributed by atoms with Crippen molar-refractivity contribution < 1.29 is 22.7 Å². The number of anilines is 1. The van der Waals surface area contributed by atoms with Crippen molar-refractivity contribution >= 4 is 27.6 Å². The summed E-state index contributed by atoms with van der Waals surface area (Å²) in [5.74, 6) is -0.740. The maximum atomic E-state index is 13.0. The van der Waals surface area contributed by atoms with Gasteiger partial charge >= 0.3 is 5.97 Å². The number of hydrogen-bond donors (Lipinski definition) is 1. The highest BCUT2D eigenvalue weighted by atomic mass is 32.2. The first-order valence-corrected chi connectivity index (χ1v) is 10.8. The number of piperidine rings is 1. The molecule has 1 fully saturated rings. The van der Waals surface area contributed by atoms with Crippen LogP contribution in [-0.4, -0.2) is 43.3 Å². The maximum absolute atomic E-state index is 13.0. The Morgan fingerprint density at radius 1 is 1.11 bits per heavy atom. The predicted octanol–water partition coefficient (Wildman–Crippen LogP) is 2.92. The summed E-state index contributed by atoms with van der Waals surface area (Å²) in [6.07, 6.45) is 2.78. The van der Waals surface area contributed by atoms with E-state index in [2.05, 4.69) is 5.32 Å². The fourth-order valence-corrected chi connectivity index (χ4v) is 5.26. The number of nitrogens with one attached hydrogen (secondary N) is 1. The maximum Gasteiger partial charge on any atom is 0.306 e. The number of carbonyl (C=O) groups is 2. The number of benzene rings is 1. The molecule has 0 bridgehead atoms. The van der Waals surface area contributed by atoms with Gasteiger partial charge in [0.2, 0.25) is 15.9 Å². The van der Waals surface area contributed by atoms with E-state index in [0.717, 1.165) is 19.3 Å². The third kappa shape index (κ3) is 5.52. The summed E-state index contributed by atoms with van der Waals surface area (Å²) >= 11 is 0. The minimum atomic E-state index is -3.57. The van der Waals surface area contributed by atoms with Crippen molar-refractivity contribution in [1.29, 1.82) is 0 Å². The number of rotatable bonds is 7. The lowest BCUT2D eigenvalue weighted by Gasteiger charge is -2.37. The molecule has 0 unspecified atom stereocenters. The third-order valence-electron chi connectivity index (χ3n) is 4.69. The van der Waals surface area contributed by atoms with Crippen molar-refractivity contribution in [2.75, 3.05) is 11.9 Å². The molecule has 1 aliphatic heterocycles. The number of nitrogens with zero attached hydrogens (tertiary/aromatic N) is 1. The Morgan fingerprint density at radius 2 is 1.70 bits per heavy atom. The standard InChI is InChI=1S/C19H28N2O5S/c1-4-26-19(23)13-12-18(22)20-16-8-10-17(11-9-16)27(24,25)21-14(2)6-5-7-15(21)3/h8-11,14-15H,4-7,12-13H2,1-3H3,(H,20,22)/t14-,15-/m1/s1. The molecular formula is C19H28N2O5S. The van der Waals surface area contributed by atoms with Crippen LogP contribution in [0.2, 0.25) is 0 Å². The molecule has 0 spiro atoms. The van der Waals surface area contributed by atoms with E-state index in [-0.39, 0.29) is 42.3 Å². The van der Waals surface area contributed by atoms with E-state index in [1.807, 2.05) is 13.8 Å². The molecule has 0 radical (unpaired) electrons. The summed E-state index contributed by atoms with van der Waals surface area (Å²) in [5, 5.41) is 2.66. The Labute approximate surface area is 161 Å². The number of ether oxygens (including phenoxy) is 1. The number of amides is 1. The van der Waals surface area contributed by atoms with Gasteiger partial charge in [-0.3, -0.25) is 9.59 Å². The molecule has 0 aliphatic carbocycles. The van der Waals surface area contributed by atoms with Crippen LogP contribution in [-0.2, 0) is 24.3 Å². The van der Waals surface area contributed by atoms with Crippen molar-refractivity contribution in [2.45, 2.75) is 69.9 Å². The first-order chi connectivity index (χ1) is 12.8. The monoisotopic (exact) mass is 396 g/mol. The van der Waals surface area contributed by atoms with Crippen LogP contribution in [0.1, 0.15) is 52.9 Å². The number of esters is 1. The van der Waals surface area contributed by atoms with Gasteiger partial charge in [-0.1, -0.05) is 6.42 Å². The quantitative estimate of drug-likeness (QED) is 0.716. The summed E-state index contributed by atoms with van der Waals surface area (Å²) < 4.78 is 32.3. The third-order valence-corrected chi connectivity index (χ3v) is 6.83. The molecule has 1 aromatic carbocycles. The SMILES string of the molecule is CCOC(=O)CCC(=O)Nc1ccc(S(=O)(=O)N2[C@H](C)CCC[C@H]2C)cc1. The Hall–Kier alpha value is -1.93. The van der Waals surface area contributed by atoms with Crippen LogP contribution in [0.3, 0.4) is 0 Å². The molecule has 1 saturated heterocycles. The second kappa shape index (κ2) is 9.32.